The van der Waals surface area contributed by atoms with Gasteiger partial charge in [-0.15, -0.1) is 0 Å². The molecule has 0 bridgehead atoms. The number of nitrogens with one attached hydrogen (secondary N) is 1. The number of anilines is 1. The van der Waals surface area contributed by atoms with Crippen molar-refractivity contribution in [2.75, 3.05) is 5.32 Å². The van der Waals surface area contributed by atoms with Crippen molar-refractivity contribution in [3.8, 4) is 5.75 Å². The Morgan fingerprint density at radius 3 is 2.46 bits per heavy atom. The first kappa shape index (κ1) is 20.0. The van der Waals surface area contributed by atoms with Crippen LogP contribution in [0.3, 0.4) is 0 Å². The zero-order valence-electron chi connectivity index (χ0n) is 15.0. The summed E-state index contributed by atoms with van der Waals surface area (Å²) in [4.78, 5) is 24.6. The monoisotopic (exact) mass is 419 g/mol. The van der Waals surface area contributed by atoms with E-state index >= 15 is 0 Å². The number of rotatable bonds is 7. The second-order valence-electron chi connectivity index (χ2n) is 5.88. The van der Waals surface area contributed by atoms with Gasteiger partial charge in [-0.05, 0) is 66.0 Å². The van der Waals surface area contributed by atoms with E-state index in [9.17, 15) is 9.59 Å². The fourth-order valence-corrected chi connectivity index (χ4v) is 2.81. The maximum absolute atomic E-state index is 12.3. The standard InChI is InChI=1S/C20H22BrNO4/c1-4-18(26-15-8-6-5-7-9-15)20(24)25-14(3)19(23)22-17-11-10-13(2)12-16(17)21/h5-12,14,18H,4H2,1-3H3,(H,22,23)/t14-,18-/m0/s1. The van der Waals surface area contributed by atoms with Crippen molar-refractivity contribution in [3.63, 3.8) is 0 Å². The van der Waals surface area contributed by atoms with E-state index in [1.165, 1.54) is 6.92 Å². The molecule has 0 heterocycles. The van der Waals surface area contributed by atoms with Crippen LogP contribution in [-0.2, 0) is 14.3 Å². The topological polar surface area (TPSA) is 64.6 Å². The number of esters is 1. The summed E-state index contributed by atoms with van der Waals surface area (Å²) in [5, 5.41) is 2.75. The molecule has 2 aromatic rings. The lowest BCUT2D eigenvalue weighted by Gasteiger charge is -2.19. The van der Waals surface area contributed by atoms with Crippen LogP contribution in [0.4, 0.5) is 5.69 Å². The van der Waals surface area contributed by atoms with Gasteiger partial charge in [0.15, 0.2) is 12.2 Å². The predicted molar refractivity (Wildman–Crippen MR) is 104 cm³/mol. The molecule has 5 nitrogen and oxygen atoms in total. The number of carbonyl (C=O) groups is 2. The van der Waals surface area contributed by atoms with Gasteiger partial charge in [-0.2, -0.15) is 0 Å². The Morgan fingerprint density at radius 2 is 1.85 bits per heavy atom. The van der Waals surface area contributed by atoms with E-state index in [1.54, 1.807) is 18.2 Å². The van der Waals surface area contributed by atoms with Crippen LogP contribution in [0.2, 0.25) is 0 Å². The summed E-state index contributed by atoms with van der Waals surface area (Å²) in [5.74, 6) is -0.392. The normalized spacial score (nSPS) is 12.8. The lowest BCUT2D eigenvalue weighted by Crippen LogP contribution is -2.36. The molecule has 26 heavy (non-hydrogen) atoms. The highest BCUT2D eigenvalue weighted by molar-refractivity contribution is 9.10. The van der Waals surface area contributed by atoms with Crippen LogP contribution in [0.1, 0.15) is 25.8 Å². The minimum Gasteiger partial charge on any atom is -0.479 e. The Labute approximate surface area is 161 Å². The minimum atomic E-state index is -0.941. The van der Waals surface area contributed by atoms with Gasteiger partial charge in [0, 0.05) is 4.47 Å². The summed E-state index contributed by atoms with van der Waals surface area (Å²) in [7, 11) is 0. The largest absolute Gasteiger partial charge is 0.479 e. The maximum Gasteiger partial charge on any atom is 0.348 e. The number of ether oxygens (including phenoxy) is 2. The summed E-state index contributed by atoms with van der Waals surface area (Å²) < 4.78 is 11.7. The molecular weight excluding hydrogens is 398 g/mol. The van der Waals surface area contributed by atoms with Gasteiger partial charge in [0.1, 0.15) is 5.75 Å². The van der Waals surface area contributed by atoms with Crippen molar-refractivity contribution in [2.45, 2.75) is 39.4 Å². The van der Waals surface area contributed by atoms with Gasteiger partial charge in [-0.1, -0.05) is 31.2 Å². The van der Waals surface area contributed by atoms with Crippen LogP contribution in [0.5, 0.6) is 5.75 Å². The van der Waals surface area contributed by atoms with Gasteiger partial charge in [0.25, 0.3) is 5.91 Å². The van der Waals surface area contributed by atoms with E-state index in [1.807, 2.05) is 44.2 Å². The lowest BCUT2D eigenvalue weighted by atomic mass is 10.2. The van der Waals surface area contributed by atoms with Gasteiger partial charge in [-0.25, -0.2) is 4.79 Å². The van der Waals surface area contributed by atoms with Crippen molar-refractivity contribution in [3.05, 3.63) is 58.6 Å². The molecule has 0 unspecified atom stereocenters. The van der Waals surface area contributed by atoms with Crippen molar-refractivity contribution in [1.82, 2.24) is 0 Å². The maximum atomic E-state index is 12.3. The SMILES string of the molecule is CC[C@H](Oc1ccccc1)C(=O)O[C@@H](C)C(=O)Nc1ccc(C)cc1Br. The van der Waals surface area contributed by atoms with E-state index in [4.69, 9.17) is 9.47 Å². The average Bonchev–Trinajstić information content (AvgIpc) is 2.62. The first-order valence-corrected chi connectivity index (χ1v) is 9.19. The summed E-state index contributed by atoms with van der Waals surface area (Å²) in [6, 6.07) is 14.6. The Kier molecular flexibility index (Phi) is 7.21. The number of benzene rings is 2. The first-order chi connectivity index (χ1) is 12.4. The summed E-state index contributed by atoms with van der Waals surface area (Å²) in [6.45, 7) is 5.31. The van der Waals surface area contributed by atoms with Crippen LogP contribution >= 0.6 is 15.9 Å². The molecule has 0 spiro atoms. The fourth-order valence-electron chi connectivity index (χ4n) is 2.22. The van der Waals surface area contributed by atoms with E-state index in [0.29, 0.717) is 17.9 Å². The fraction of sp³-hybridized carbons (Fsp3) is 0.300. The zero-order chi connectivity index (χ0) is 19.1. The number of amides is 1. The molecule has 0 saturated carbocycles. The molecule has 0 aliphatic rings. The molecule has 0 aromatic heterocycles. The van der Waals surface area contributed by atoms with Crippen LogP contribution in [-0.4, -0.2) is 24.1 Å². The summed E-state index contributed by atoms with van der Waals surface area (Å²) >= 11 is 3.40. The third-order valence-electron chi connectivity index (χ3n) is 3.70. The van der Waals surface area contributed by atoms with E-state index in [-0.39, 0.29) is 0 Å². The van der Waals surface area contributed by atoms with Crippen molar-refractivity contribution in [1.29, 1.82) is 0 Å². The van der Waals surface area contributed by atoms with E-state index in [2.05, 4.69) is 21.2 Å². The van der Waals surface area contributed by atoms with E-state index in [0.717, 1.165) is 10.0 Å². The molecule has 6 heteroatoms. The van der Waals surface area contributed by atoms with Crippen LogP contribution < -0.4 is 10.1 Å². The van der Waals surface area contributed by atoms with Gasteiger partial charge in [-0.3, -0.25) is 4.79 Å². The second kappa shape index (κ2) is 9.38. The number of aryl methyl sites for hydroxylation is 1. The van der Waals surface area contributed by atoms with Crippen LogP contribution in [0.25, 0.3) is 0 Å². The van der Waals surface area contributed by atoms with E-state index < -0.39 is 24.1 Å². The smallest absolute Gasteiger partial charge is 0.348 e. The van der Waals surface area contributed by atoms with Crippen LogP contribution in [0, 0.1) is 6.92 Å². The van der Waals surface area contributed by atoms with Gasteiger partial charge in [0.2, 0.25) is 0 Å². The third-order valence-corrected chi connectivity index (χ3v) is 4.36. The highest BCUT2D eigenvalue weighted by atomic mass is 79.9. The number of halogens is 1. The number of para-hydroxylation sites is 1. The molecule has 1 amide bonds. The molecule has 0 saturated heterocycles. The molecule has 2 rings (SSSR count). The predicted octanol–water partition coefficient (Wildman–Crippen LogP) is 4.49. The average molecular weight is 420 g/mol. The number of carbonyl (C=O) groups excluding carboxylic acids is 2. The molecule has 2 aromatic carbocycles. The molecular formula is C20H22BrNO4. The molecule has 138 valence electrons. The minimum absolute atomic E-state index is 0.405. The molecule has 0 radical (unpaired) electrons. The van der Waals surface area contributed by atoms with Gasteiger partial charge < -0.3 is 14.8 Å². The van der Waals surface area contributed by atoms with Gasteiger partial charge in [0.05, 0.1) is 5.69 Å². The van der Waals surface area contributed by atoms with Gasteiger partial charge >= 0.3 is 5.97 Å². The Morgan fingerprint density at radius 1 is 1.15 bits per heavy atom. The molecule has 2 atom stereocenters. The Hall–Kier alpha value is -2.34. The quantitative estimate of drug-likeness (QED) is 0.671. The first-order valence-electron chi connectivity index (χ1n) is 8.40. The highest BCUT2D eigenvalue weighted by Crippen LogP contribution is 2.23. The van der Waals surface area contributed by atoms with Crippen LogP contribution in [0.15, 0.2) is 53.0 Å². The molecule has 0 fully saturated rings. The summed E-state index contributed by atoms with van der Waals surface area (Å²) in [5.41, 5.74) is 1.69. The van der Waals surface area contributed by atoms with Crippen molar-refractivity contribution < 1.29 is 19.1 Å². The number of hydrogen-bond acceptors (Lipinski definition) is 4. The number of hydrogen-bond donors (Lipinski definition) is 1. The lowest BCUT2D eigenvalue weighted by molar-refractivity contribution is -0.160. The second-order valence-corrected chi connectivity index (χ2v) is 6.73. The molecule has 1 N–H and O–H groups in total. The summed E-state index contributed by atoms with van der Waals surface area (Å²) in [6.07, 6.45) is -1.27. The third kappa shape index (κ3) is 5.59. The molecule has 0 aliphatic carbocycles. The van der Waals surface area contributed by atoms with Crippen molar-refractivity contribution >= 4 is 33.5 Å². The zero-order valence-corrected chi connectivity index (χ0v) is 16.6. The van der Waals surface area contributed by atoms with Crippen molar-refractivity contribution in [2.24, 2.45) is 0 Å². The highest BCUT2D eigenvalue weighted by Gasteiger charge is 2.25. The Balaban J connectivity index is 1.94. The molecule has 0 aliphatic heterocycles. The Bertz CT molecular complexity index is 764.